The van der Waals surface area contributed by atoms with Crippen molar-refractivity contribution < 1.29 is 14.8 Å². The maximum absolute atomic E-state index is 11.9. The van der Waals surface area contributed by atoms with Gasteiger partial charge in [-0.25, -0.2) is 0 Å². The van der Waals surface area contributed by atoms with E-state index in [4.69, 9.17) is 0 Å². The van der Waals surface area contributed by atoms with Crippen LogP contribution in [0.25, 0.3) is 0 Å². The zero-order chi connectivity index (χ0) is 13.7. The molecule has 3 atom stereocenters. The van der Waals surface area contributed by atoms with Gasteiger partial charge in [-0.15, -0.1) is 0 Å². The number of nitrogens with zero attached hydrogens (tertiary/aromatic N) is 2. The fourth-order valence-electron chi connectivity index (χ4n) is 2.53. The molecule has 0 radical (unpaired) electrons. The number of non-ortho nitro benzene ring substituents is 1. The van der Waals surface area contributed by atoms with E-state index in [1.807, 2.05) is 0 Å². The molecule has 0 aliphatic carbocycles. The van der Waals surface area contributed by atoms with Gasteiger partial charge in [0, 0.05) is 0 Å². The van der Waals surface area contributed by atoms with Crippen molar-refractivity contribution in [3.05, 3.63) is 33.9 Å². The number of aliphatic hydroxyl groups is 1. The van der Waals surface area contributed by atoms with Crippen molar-refractivity contribution in [2.45, 2.75) is 24.5 Å². The normalized spacial score (nSPS) is 26.2. The number of β-lactam (4-membered cyclic amide) rings is 1. The van der Waals surface area contributed by atoms with E-state index in [9.17, 15) is 20.0 Å². The number of hydrogen-bond donors (Lipinski definition) is 1. The first kappa shape index (κ1) is 12.6. The second-order valence-corrected chi connectivity index (χ2v) is 7.22. The Morgan fingerprint density at radius 2 is 2.32 bits per heavy atom. The molecule has 1 aromatic carbocycles. The number of aliphatic hydroxyl groups excluding tert-OH is 1. The topological polar surface area (TPSA) is 83.7 Å². The van der Waals surface area contributed by atoms with E-state index < -0.39 is 11.0 Å². The van der Waals surface area contributed by atoms with Crippen molar-refractivity contribution in [1.82, 2.24) is 4.90 Å². The number of carbonyl (C=O) groups is 1. The van der Waals surface area contributed by atoms with Crippen LogP contribution in [0.1, 0.15) is 12.5 Å². The summed E-state index contributed by atoms with van der Waals surface area (Å²) in [5, 5.41) is 20.4. The molecule has 0 spiro atoms. The molecular formula is C12H12N2O4Se. The number of amides is 1. The van der Waals surface area contributed by atoms with E-state index in [1.54, 1.807) is 24.0 Å². The second-order valence-electron chi connectivity index (χ2n) is 4.79. The third-order valence-electron chi connectivity index (χ3n) is 3.55. The molecule has 2 aliphatic rings. The first-order valence-electron chi connectivity index (χ1n) is 5.91. The molecule has 7 heteroatoms. The molecule has 100 valence electrons. The quantitative estimate of drug-likeness (QED) is 0.347. The molecule has 1 fully saturated rings. The van der Waals surface area contributed by atoms with Gasteiger partial charge in [-0.1, -0.05) is 0 Å². The average Bonchev–Trinajstić information content (AvgIpc) is 2.36. The third-order valence-corrected chi connectivity index (χ3v) is 6.57. The van der Waals surface area contributed by atoms with Crippen LogP contribution in [-0.4, -0.2) is 46.8 Å². The van der Waals surface area contributed by atoms with E-state index in [-0.39, 0.29) is 37.4 Å². The Balaban J connectivity index is 1.91. The first-order valence-corrected chi connectivity index (χ1v) is 7.76. The number of nitro benzene ring substituents is 1. The summed E-state index contributed by atoms with van der Waals surface area (Å²) in [7, 11) is 0. The van der Waals surface area contributed by atoms with Crippen molar-refractivity contribution in [2.24, 2.45) is 5.92 Å². The number of nitro groups is 1. The molecule has 19 heavy (non-hydrogen) atoms. The Morgan fingerprint density at radius 1 is 1.58 bits per heavy atom. The molecule has 3 rings (SSSR count). The Labute approximate surface area is 115 Å². The van der Waals surface area contributed by atoms with E-state index in [0.717, 1.165) is 10.0 Å². The molecule has 0 unspecified atom stereocenters. The van der Waals surface area contributed by atoms with Gasteiger partial charge in [0.1, 0.15) is 0 Å². The molecule has 1 N–H and O–H groups in total. The fraction of sp³-hybridized carbons (Fsp3) is 0.417. The predicted molar refractivity (Wildman–Crippen MR) is 68.0 cm³/mol. The van der Waals surface area contributed by atoms with E-state index in [2.05, 4.69) is 0 Å². The molecule has 2 heterocycles. The van der Waals surface area contributed by atoms with Gasteiger partial charge < -0.3 is 0 Å². The second kappa shape index (κ2) is 4.30. The van der Waals surface area contributed by atoms with Crippen molar-refractivity contribution in [1.29, 1.82) is 0 Å². The van der Waals surface area contributed by atoms with Gasteiger partial charge in [0.2, 0.25) is 0 Å². The van der Waals surface area contributed by atoms with Gasteiger partial charge in [-0.3, -0.25) is 0 Å². The van der Waals surface area contributed by atoms with Crippen LogP contribution in [0.2, 0.25) is 0 Å². The van der Waals surface area contributed by atoms with Crippen LogP contribution in [0.4, 0.5) is 5.69 Å². The summed E-state index contributed by atoms with van der Waals surface area (Å²) in [6.45, 7) is 2.06. The van der Waals surface area contributed by atoms with Crippen LogP contribution in [0.3, 0.4) is 0 Å². The molecule has 1 amide bonds. The SMILES string of the molecule is C[C@@H](O)[C@H]1C(=O)N2Cc3cc([N+](=O)[O-])ccc3[Se][C@H]12. The molecule has 2 aliphatic heterocycles. The van der Waals surface area contributed by atoms with Crippen molar-refractivity contribution in [2.75, 3.05) is 0 Å². The number of benzene rings is 1. The Hall–Kier alpha value is -1.43. The van der Waals surface area contributed by atoms with Crippen LogP contribution < -0.4 is 4.46 Å². The third kappa shape index (κ3) is 1.85. The summed E-state index contributed by atoms with van der Waals surface area (Å²) in [4.78, 5) is 24.1. The van der Waals surface area contributed by atoms with Crippen LogP contribution in [0.5, 0.6) is 0 Å². The zero-order valence-electron chi connectivity index (χ0n) is 10.1. The number of rotatable bonds is 2. The summed E-state index contributed by atoms with van der Waals surface area (Å²) in [5.74, 6) is -0.345. The van der Waals surface area contributed by atoms with Gasteiger partial charge in [0.05, 0.1) is 0 Å². The molecule has 0 bridgehead atoms. The van der Waals surface area contributed by atoms with Crippen LogP contribution in [-0.2, 0) is 11.3 Å². The Bertz CT molecular complexity index is 575. The van der Waals surface area contributed by atoms with E-state index in [1.165, 1.54) is 6.07 Å². The van der Waals surface area contributed by atoms with E-state index >= 15 is 0 Å². The Kier molecular flexibility index (Phi) is 2.85. The zero-order valence-corrected chi connectivity index (χ0v) is 11.9. The molecule has 1 saturated heterocycles. The summed E-state index contributed by atoms with van der Waals surface area (Å²) in [6, 6.07) is 4.84. The number of fused-ring (bicyclic) bond motifs is 2. The summed E-state index contributed by atoms with van der Waals surface area (Å²) in [5.41, 5.74) is 0.927. The summed E-state index contributed by atoms with van der Waals surface area (Å²) >= 11 is 0.0400. The van der Waals surface area contributed by atoms with Crippen LogP contribution in [0.15, 0.2) is 18.2 Å². The standard InChI is InChI=1S/C12H12N2O4Se/c1-6(15)10-11(16)13-5-7-4-8(14(17)18)2-3-9(7)19-12(10)13/h2-4,6,10,12,15H,5H2,1H3/t6-,10+,12-/m1/s1. The van der Waals surface area contributed by atoms with Crippen molar-refractivity contribution >= 4 is 31.0 Å². The van der Waals surface area contributed by atoms with Gasteiger partial charge in [-0.05, 0) is 0 Å². The van der Waals surface area contributed by atoms with Crippen LogP contribution >= 0.6 is 0 Å². The van der Waals surface area contributed by atoms with E-state index in [0.29, 0.717) is 6.54 Å². The number of hydrogen-bond acceptors (Lipinski definition) is 4. The van der Waals surface area contributed by atoms with Crippen molar-refractivity contribution in [3.63, 3.8) is 0 Å². The van der Waals surface area contributed by atoms with Gasteiger partial charge in [0.25, 0.3) is 0 Å². The molecule has 1 aromatic rings. The van der Waals surface area contributed by atoms with Gasteiger partial charge >= 0.3 is 115 Å². The molecular weight excluding hydrogens is 315 g/mol. The fourth-order valence-corrected chi connectivity index (χ4v) is 5.63. The predicted octanol–water partition coefficient (Wildman–Crippen LogP) is -0.397. The summed E-state index contributed by atoms with van der Waals surface area (Å²) in [6.07, 6.45) is -0.629. The summed E-state index contributed by atoms with van der Waals surface area (Å²) < 4.78 is 1.09. The molecule has 0 aromatic heterocycles. The average molecular weight is 327 g/mol. The monoisotopic (exact) mass is 328 g/mol. The van der Waals surface area contributed by atoms with Crippen molar-refractivity contribution in [3.8, 4) is 0 Å². The molecule has 0 saturated carbocycles. The minimum absolute atomic E-state index is 0.0400. The maximum atomic E-state index is 11.9. The molecule has 6 nitrogen and oxygen atoms in total. The number of carbonyl (C=O) groups excluding carboxylic acids is 1. The first-order chi connectivity index (χ1) is 8.99. The van der Waals surface area contributed by atoms with Gasteiger partial charge in [0.15, 0.2) is 0 Å². The van der Waals surface area contributed by atoms with Crippen LogP contribution in [0, 0.1) is 16.0 Å². The van der Waals surface area contributed by atoms with Gasteiger partial charge in [-0.2, -0.15) is 0 Å². The Morgan fingerprint density at radius 3 is 2.95 bits per heavy atom. The minimum atomic E-state index is -0.629.